The highest BCUT2D eigenvalue weighted by atomic mass is 79.9. The van der Waals surface area contributed by atoms with Crippen molar-refractivity contribution in [2.45, 2.75) is 0 Å². The van der Waals surface area contributed by atoms with E-state index >= 15 is 0 Å². The minimum Gasteiger partial charge on any atom is -0.454 e. The minimum atomic E-state index is -0.0726. The Morgan fingerprint density at radius 3 is 2.94 bits per heavy atom. The van der Waals surface area contributed by atoms with Crippen LogP contribution in [0.3, 0.4) is 0 Å². The van der Waals surface area contributed by atoms with Crippen LogP contribution in [0.4, 0.5) is 0 Å². The summed E-state index contributed by atoms with van der Waals surface area (Å²) in [7, 11) is 0. The topological polar surface area (TPSA) is 46.0 Å². The van der Waals surface area contributed by atoms with Crippen molar-refractivity contribution in [3.8, 4) is 11.5 Å². The number of hydrogen-bond donors (Lipinski definition) is 1. The Kier molecular flexibility index (Phi) is 2.22. The molecule has 1 aromatic carbocycles. The van der Waals surface area contributed by atoms with Crippen molar-refractivity contribution in [3.63, 3.8) is 0 Å². The maximum atomic E-state index is 11.0. The van der Waals surface area contributed by atoms with Gasteiger partial charge in [0.05, 0.1) is 5.69 Å². The molecule has 80 valence electrons. The molecule has 0 aliphatic heterocycles. The van der Waals surface area contributed by atoms with Gasteiger partial charge in [-0.2, -0.15) is 0 Å². The fraction of sp³-hybridized carbons (Fsp3) is 0. The molecule has 1 N–H and O–H groups in total. The van der Waals surface area contributed by atoms with Gasteiger partial charge in [-0.05, 0) is 24.3 Å². The van der Waals surface area contributed by atoms with Crippen LogP contribution in [0.15, 0.2) is 43.3 Å². The molecule has 0 bridgehead atoms. The van der Waals surface area contributed by atoms with Gasteiger partial charge in [0.1, 0.15) is 5.58 Å². The van der Waals surface area contributed by atoms with Gasteiger partial charge >= 0.3 is 4.87 Å². The molecule has 0 aliphatic carbocycles. The van der Waals surface area contributed by atoms with Gasteiger partial charge in [0.2, 0.25) is 0 Å². The van der Waals surface area contributed by atoms with Crippen molar-refractivity contribution in [1.82, 2.24) is 4.98 Å². The van der Waals surface area contributed by atoms with Crippen molar-refractivity contribution >= 4 is 38.2 Å². The van der Waals surface area contributed by atoms with E-state index in [1.165, 1.54) is 0 Å². The summed E-state index contributed by atoms with van der Waals surface area (Å²) >= 11 is 4.54. The van der Waals surface area contributed by atoms with E-state index in [0.717, 1.165) is 32.5 Å². The largest absolute Gasteiger partial charge is 0.454 e. The second-order valence-corrected chi connectivity index (χ2v) is 5.11. The zero-order chi connectivity index (χ0) is 11.1. The van der Waals surface area contributed by atoms with Crippen molar-refractivity contribution in [1.29, 1.82) is 0 Å². The van der Waals surface area contributed by atoms with Gasteiger partial charge in [0, 0.05) is 15.2 Å². The number of benzene rings is 1. The molecule has 3 nitrogen and oxygen atoms in total. The fourth-order valence-corrected chi connectivity index (χ4v) is 2.50. The highest BCUT2D eigenvalue weighted by Gasteiger charge is 2.08. The van der Waals surface area contributed by atoms with Crippen LogP contribution in [0.5, 0.6) is 0 Å². The van der Waals surface area contributed by atoms with Crippen LogP contribution in [-0.4, -0.2) is 4.98 Å². The summed E-state index contributed by atoms with van der Waals surface area (Å²) < 4.78 is 6.64. The molecule has 0 unspecified atom stereocenters. The average molecular weight is 296 g/mol. The molecule has 0 fully saturated rings. The normalized spacial score (nSPS) is 11.1. The van der Waals surface area contributed by atoms with Crippen molar-refractivity contribution in [2.75, 3.05) is 0 Å². The molecule has 0 saturated heterocycles. The Labute approximate surface area is 103 Å². The van der Waals surface area contributed by atoms with Gasteiger partial charge in [-0.15, -0.1) is 0 Å². The molecule has 2 aromatic heterocycles. The molecule has 5 heteroatoms. The Balaban J connectivity index is 2.22. The number of nitrogens with one attached hydrogen (secondary N) is 1. The first-order valence-corrected chi connectivity index (χ1v) is 6.27. The third kappa shape index (κ3) is 1.62. The number of fused-ring (bicyclic) bond motifs is 1. The lowest BCUT2D eigenvalue weighted by Crippen LogP contribution is -1.91. The van der Waals surface area contributed by atoms with Crippen LogP contribution in [0.1, 0.15) is 0 Å². The predicted octanol–water partition coefficient (Wildman–Crippen LogP) is 3.61. The Morgan fingerprint density at radius 1 is 1.31 bits per heavy atom. The molecule has 0 spiro atoms. The van der Waals surface area contributed by atoms with Crippen LogP contribution in [0.2, 0.25) is 0 Å². The van der Waals surface area contributed by atoms with Crippen LogP contribution >= 0.6 is 27.3 Å². The third-order valence-corrected chi connectivity index (χ3v) is 3.43. The first-order chi connectivity index (χ1) is 7.72. The predicted molar refractivity (Wildman–Crippen MR) is 67.8 cm³/mol. The molecule has 0 aliphatic rings. The summed E-state index contributed by atoms with van der Waals surface area (Å²) in [5, 5.41) is 2.77. The molecular weight excluding hydrogens is 290 g/mol. The Morgan fingerprint density at radius 2 is 2.19 bits per heavy atom. The van der Waals surface area contributed by atoms with E-state index in [0.29, 0.717) is 5.76 Å². The minimum absolute atomic E-state index is 0.0726. The first kappa shape index (κ1) is 9.86. The van der Waals surface area contributed by atoms with Crippen molar-refractivity contribution in [2.24, 2.45) is 0 Å². The number of aromatic amines is 1. The Bertz CT molecular complexity index is 710. The monoisotopic (exact) mass is 295 g/mol. The van der Waals surface area contributed by atoms with E-state index in [-0.39, 0.29) is 4.87 Å². The van der Waals surface area contributed by atoms with E-state index in [1.807, 2.05) is 24.3 Å². The second-order valence-electron chi connectivity index (χ2n) is 3.35. The smallest absolute Gasteiger partial charge is 0.305 e. The lowest BCUT2D eigenvalue weighted by molar-refractivity contribution is 0.629. The maximum Gasteiger partial charge on any atom is 0.305 e. The fourth-order valence-electron chi connectivity index (χ4n) is 1.55. The molecular formula is C11H6BrNO2S. The SMILES string of the molecule is O=c1[nH]c(-c2cc3cc(Br)ccc3o2)cs1. The number of aromatic nitrogens is 1. The van der Waals surface area contributed by atoms with Gasteiger partial charge in [0.15, 0.2) is 5.76 Å². The van der Waals surface area contributed by atoms with Crippen molar-refractivity contribution in [3.05, 3.63) is 43.8 Å². The number of H-pyrrole nitrogens is 1. The van der Waals surface area contributed by atoms with Gasteiger partial charge in [-0.25, -0.2) is 0 Å². The van der Waals surface area contributed by atoms with E-state index < -0.39 is 0 Å². The van der Waals surface area contributed by atoms with E-state index in [2.05, 4.69) is 20.9 Å². The summed E-state index contributed by atoms with van der Waals surface area (Å²) in [6.07, 6.45) is 0. The zero-order valence-corrected chi connectivity index (χ0v) is 10.4. The van der Waals surface area contributed by atoms with E-state index in [9.17, 15) is 4.79 Å². The number of hydrogen-bond acceptors (Lipinski definition) is 3. The standard InChI is InChI=1S/C11H6BrNO2S/c12-7-1-2-9-6(3-7)4-10(15-9)8-5-16-11(14)13-8/h1-5H,(H,13,14). The van der Waals surface area contributed by atoms with Gasteiger partial charge < -0.3 is 9.40 Å². The lowest BCUT2D eigenvalue weighted by atomic mass is 10.2. The molecule has 0 atom stereocenters. The van der Waals surface area contributed by atoms with Crippen LogP contribution in [0, 0.1) is 0 Å². The summed E-state index contributed by atoms with van der Waals surface area (Å²) in [5.41, 5.74) is 1.53. The summed E-state index contributed by atoms with van der Waals surface area (Å²) in [4.78, 5) is 13.7. The number of rotatable bonds is 1. The van der Waals surface area contributed by atoms with Gasteiger partial charge in [0.25, 0.3) is 0 Å². The second kappa shape index (κ2) is 3.61. The maximum absolute atomic E-state index is 11.0. The summed E-state index contributed by atoms with van der Waals surface area (Å²) in [6.45, 7) is 0. The van der Waals surface area contributed by atoms with Crippen LogP contribution in [-0.2, 0) is 0 Å². The number of halogens is 1. The molecule has 0 radical (unpaired) electrons. The molecule has 3 rings (SSSR count). The molecule has 3 aromatic rings. The Hall–Kier alpha value is -1.33. The molecule has 0 amide bonds. The molecule has 0 saturated carbocycles. The van der Waals surface area contributed by atoms with Crippen LogP contribution in [0.25, 0.3) is 22.4 Å². The van der Waals surface area contributed by atoms with Crippen LogP contribution < -0.4 is 4.87 Å². The van der Waals surface area contributed by atoms with Gasteiger partial charge in [-0.1, -0.05) is 27.3 Å². The summed E-state index contributed by atoms with van der Waals surface area (Å²) in [5.74, 6) is 0.687. The molecule has 16 heavy (non-hydrogen) atoms. The third-order valence-electron chi connectivity index (χ3n) is 2.26. The average Bonchev–Trinajstić information content (AvgIpc) is 2.83. The highest BCUT2D eigenvalue weighted by molar-refractivity contribution is 9.10. The zero-order valence-electron chi connectivity index (χ0n) is 7.99. The number of thiazole rings is 1. The van der Waals surface area contributed by atoms with E-state index in [4.69, 9.17) is 4.42 Å². The quantitative estimate of drug-likeness (QED) is 0.745. The first-order valence-electron chi connectivity index (χ1n) is 4.60. The van der Waals surface area contributed by atoms with E-state index in [1.54, 1.807) is 5.38 Å². The van der Waals surface area contributed by atoms with Crippen molar-refractivity contribution < 1.29 is 4.42 Å². The highest BCUT2D eigenvalue weighted by Crippen LogP contribution is 2.28. The summed E-state index contributed by atoms with van der Waals surface area (Å²) in [6, 6.07) is 7.71. The lowest BCUT2D eigenvalue weighted by Gasteiger charge is -1.88. The number of furan rings is 1. The molecule has 2 heterocycles. The van der Waals surface area contributed by atoms with Gasteiger partial charge in [-0.3, -0.25) is 4.79 Å².